The minimum Gasteiger partial charge on any atom is -0.724 e. The molecule has 0 aliphatic heterocycles. The summed E-state index contributed by atoms with van der Waals surface area (Å²) >= 11 is 0. The van der Waals surface area contributed by atoms with Crippen molar-refractivity contribution in [3.05, 3.63) is 48.3 Å². The molecule has 0 spiro atoms. The van der Waals surface area contributed by atoms with Crippen LogP contribution in [0.4, 0.5) is 13.2 Å². The molecule has 0 aliphatic rings. The summed E-state index contributed by atoms with van der Waals surface area (Å²) in [5.74, 6) is -1.03. The van der Waals surface area contributed by atoms with Gasteiger partial charge in [0.05, 0.1) is 11.0 Å². The maximum Gasteiger partial charge on any atom is 1.00 e. The number of nitrogens with zero attached hydrogens (tertiary/aromatic N) is 2. The Morgan fingerprint density at radius 2 is 1.27 bits per heavy atom. The number of pyridine rings is 2. The van der Waals surface area contributed by atoms with Crippen LogP contribution in [0.3, 0.4) is 0 Å². The number of aromatic carboxylic acids is 1. The Morgan fingerprint density at radius 3 is 1.65 bits per heavy atom. The van der Waals surface area contributed by atoms with Crippen molar-refractivity contribution in [3.8, 4) is 0 Å². The van der Waals surface area contributed by atoms with Crippen molar-refractivity contribution in [2.45, 2.75) is 5.51 Å². The van der Waals surface area contributed by atoms with E-state index in [9.17, 15) is 43.9 Å². The number of halogens is 3. The van der Waals surface area contributed by atoms with E-state index in [1.807, 2.05) is 24.3 Å². The molecule has 3 aromatic rings. The molecule has 37 heavy (non-hydrogen) atoms. The maximum atomic E-state index is 10.9. The third-order valence-electron chi connectivity index (χ3n) is 3.14. The van der Waals surface area contributed by atoms with Crippen LogP contribution in [-0.4, -0.2) is 65.5 Å². The van der Waals surface area contributed by atoms with E-state index in [1.165, 1.54) is 6.07 Å². The van der Waals surface area contributed by atoms with Crippen LogP contribution in [0.2, 0.25) is 0 Å². The summed E-state index contributed by atoms with van der Waals surface area (Å²) in [5, 5.41) is 10.8. The van der Waals surface area contributed by atoms with Gasteiger partial charge in [-0.3, -0.25) is 9.54 Å². The molecule has 0 unspecified atom stereocenters. The van der Waals surface area contributed by atoms with Gasteiger partial charge in [0.1, 0.15) is 5.69 Å². The molecule has 23 heteroatoms. The number of hydrogen-bond acceptors (Lipinski definition) is 13. The molecule has 0 bridgehead atoms. The van der Waals surface area contributed by atoms with Crippen LogP contribution < -0.4 is 29.6 Å². The van der Waals surface area contributed by atoms with Crippen LogP contribution in [0, 0.1) is 0 Å². The summed E-state index contributed by atoms with van der Waals surface area (Å²) in [6.45, 7) is 0. The third kappa shape index (κ3) is 13.9. The molecule has 0 saturated carbocycles. The Morgan fingerprint density at radius 1 is 0.865 bits per heavy atom. The van der Waals surface area contributed by atoms with Crippen molar-refractivity contribution < 1.29 is 123 Å². The Hall–Kier alpha value is -1.31. The first-order chi connectivity index (χ1) is 15.7. The Bertz CT molecular complexity index is 1520. The van der Waals surface area contributed by atoms with Gasteiger partial charge in [-0.25, -0.2) is 26.6 Å². The Balaban J connectivity index is 0. The van der Waals surface area contributed by atoms with Crippen molar-refractivity contribution in [1.29, 1.82) is 0 Å². The monoisotopic (exact) mass is 696 g/mol. The molecule has 2 heterocycles. The van der Waals surface area contributed by atoms with Crippen molar-refractivity contribution in [2.24, 2.45) is 0 Å². The summed E-state index contributed by atoms with van der Waals surface area (Å²) in [5.41, 5.74) is -4.14. The second-order valence-electron chi connectivity index (χ2n) is 5.59. The number of carboxylic acid groups (broad SMARTS) is 1. The van der Waals surface area contributed by atoms with E-state index >= 15 is 0 Å². The predicted molar refractivity (Wildman–Crippen MR) is 103 cm³/mol. The van der Waals surface area contributed by atoms with E-state index in [1.54, 1.807) is 12.3 Å². The minimum atomic E-state index is -5.84. The first kappa shape index (κ1) is 37.8. The minimum absolute atomic E-state index is 0. The normalized spacial score (nSPS) is 11.6. The summed E-state index contributed by atoms with van der Waals surface area (Å²) in [6, 6.07) is 10.9. The van der Waals surface area contributed by atoms with E-state index in [0.29, 0.717) is 5.52 Å². The molecule has 204 valence electrons. The number of rotatable bonds is 4. The largest absolute Gasteiger partial charge is 1.00 e. The van der Waals surface area contributed by atoms with E-state index in [0.717, 1.165) is 16.3 Å². The molecule has 0 amide bonds. The van der Waals surface area contributed by atoms with Gasteiger partial charge in [-0.05, 0) is 12.1 Å². The molecule has 2 aromatic heterocycles. The fourth-order valence-electron chi connectivity index (χ4n) is 1.91. The standard InChI is InChI=1S/C13H8N2O2.CHF3O3S.Ag.Na.H2O8S2/c16-13(17)10-6-5-9-4-3-8-2-1-7-14-11(8)12(9)15-10;2-1(3,4)8(5,6)7;;;1-9(2,3)7-8-10(4,5)6/h1-7H,(H,16,17);(H,5,6,7);;;(H,1,2,3)(H,4,5,6)/q;;2*+1;/p-2. The van der Waals surface area contributed by atoms with Crippen LogP contribution in [-0.2, 0) is 62.0 Å². The molecule has 0 fully saturated rings. The molecule has 1 aromatic carbocycles. The van der Waals surface area contributed by atoms with Gasteiger partial charge >= 0.3 is 73.5 Å². The zero-order valence-corrected chi connectivity index (χ0v) is 23.4. The van der Waals surface area contributed by atoms with Crippen molar-refractivity contribution in [2.75, 3.05) is 0 Å². The van der Waals surface area contributed by atoms with Crippen LogP contribution in [0.1, 0.15) is 10.5 Å². The quantitative estimate of drug-likeness (QED) is 0.0555. The van der Waals surface area contributed by atoms with Gasteiger partial charge in [-0.15, -0.1) is 8.67 Å². The van der Waals surface area contributed by atoms with E-state index in [4.69, 9.17) is 18.1 Å². The van der Waals surface area contributed by atoms with Gasteiger partial charge in [-0.2, -0.15) is 21.6 Å². The van der Waals surface area contributed by atoms with Gasteiger partial charge in [0.2, 0.25) is 20.8 Å². The van der Waals surface area contributed by atoms with Gasteiger partial charge in [-0.1, -0.05) is 24.3 Å². The molecule has 15 nitrogen and oxygen atoms in total. The van der Waals surface area contributed by atoms with Crippen molar-refractivity contribution >= 4 is 58.7 Å². The average molecular weight is 697 g/mol. The molecule has 0 atom stereocenters. The number of carbonyl (C=O) groups is 1. The number of benzene rings is 1. The van der Waals surface area contributed by atoms with Crippen LogP contribution in [0.25, 0.3) is 21.8 Å². The summed E-state index contributed by atoms with van der Waals surface area (Å²) in [7, 11) is -16.5. The fraction of sp³-hybridized carbons (Fsp3) is 0.0714. The van der Waals surface area contributed by atoms with Gasteiger partial charge in [0.15, 0.2) is 0 Å². The maximum absolute atomic E-state index is 10.9. The van der Waals surface area contributed by atoms with Crippen molar-refractivity contribution in [3.63, 3.8) is 0 Å². The van der Waals surface area contributed by atoms with Crippen molar-refractivity contribution in [1.82, 2.24) is 9.97 Å². The average Bonchev–Trinajstić information content (AvgIpc) is 2.70. The number of hydrogen-bond donors (Lipinski definition) is 2. The van der Waals surface area contributed by atoms with Crippen LogP contribution >= 0.6 is 0 Å². The number of carboxylic acids is 1. The molecule has 3 rings (SSSR count). The number of aromatic nitrogens is 2. The number of fused-ring (bicyclic) bond motifs is 3. The zero-order valence-electron chi connectivity index (χ0n) is 17.5. The van der Waals surface area contributed by atoms with Gasteiger partial charge < -0.3 is 14.2 Å². The van der Waals surface area contributed by atoms with Crippen LogP contribution in [0.15, 0.2) is 42.6 Å². The topological polar surface area (TPSA) is 250 Å². The zero-order chi connectivity index (χ0) is 27.2. The molecule has 0 aliphatic carbocycles. The Labute approximate surface area is 243 Å². The second-order valence-corrected chi connectivity index (χ2v) is 8.91. The summed E-state index contributed by atoms with van der Waals surface area (Å²) in [6.07, 6.45) is 1.68. The van der Waals surface area contributed by atoms with Crippen LogP contribution in [0.5, 0.6) is 0 Å². The molecule has 0 radical (unpaired) electrons. The smallest absolute Gasteiger partial charge is 0.724 e. The van der Waals surface area contributed by atoms with Gasteiger partial charge in [0.25, 0.3) is 0 Å². The molecule has 2 N–H and O–H groups in total. The fourth-order valence-corrected chi connectivity index (χ4v) is 2.46. The van der Waals surface area contributed by atoms with E-state index in [2.05, 4.69) is 18.6 Å². The first-order valence-corrected chi connectivity index (χ1v) is 12.0. The van der Waals surface area contributed by atoms with Gasteiger partial charge in [0, 0.05) is 17.0 Å². The van der Waals surface area contributed by atoms with E-state index < -0.39 is 42.4 Å². The third-order valence-corrected chi connectivity index (χ3v) is 4.28. The number of alkyl halides is 3. The molecular weight excluding hydrogens is 688 g/mol. The SMILES string of the molecule is O=C(O)c1ccc2ccc3cccnc3c2n1.O=S(=O)(O)C(F)(F)F.O=S(=O)([O-])OOS(=O)(=O)[O-].[Ag+].[Na+]. The molecule has 0 saturated heterocycles. The predicted octanol–water partition coefficient (Wildman–Crippen LogP) is -2.27. The second kappa shape index (κ2) is 14.7. The summed E-state index contributed by atoms with van der Waals surface area (Å²) < 4.78 is 119. The molecular formula is C14H9AgF3N2NaO13S3. The first-order valence-electron chi connectivity index (χ1n) is 7.92. The summed E-state index contributed by atoms with van der Waals surface area (Å²) in [4.78, 5) is 19.3. The Kier molecular flexibility index (Phi) is 15.1. The van der Waals surface area contributed by atoms with E-state index in [-0.39, 0.29) is 57.6 Å².